The van der Waals surface area contributed by atoms with Crippen molar-refractivity contribution in [2.24, 2.45) is 5.92 Å². The summed E-state index contributed by atoms with van der Waals surface area (Å²) in [5.74, 6) is 0.454. The van der Waals surface area contributed by atoms with Crippen molar-refractivity contribution < 1.29 is 0 Å². The van der Waals surface area contributed by atoms with Crippen LogP contribution < -0.4 is 9.80 Å². The molecule has 294 valence electrons. The molecule has 9 rings (SSSR count). The molecule has 5 aromatic rings. The monoisotopic (exact) mass is 760 g/mol. The lowest BCUT2D eigenvalue weighted by molar-refractivity contribution is 0.598. The normalized spacial score (nSPS) is 19.4. The van der Waals surface area contributed by atoms with E-state index in [-0.39, 0.29) is 16.9 Å². The highest BCUT2D eigenvalue weighted by Gasteiger charge is 2.47. The summed E-state index contributed by atoms with van der Waals surface area (Å²) in [4.78, 5) is 5.16. The van der Waals surface area contributed by atoms with E-state index in [2.05, 4.69) is 202 Å². The van der Waals surface area contributed by atoms with E-state index in [1.54, 1.807) is 0 Å². The van der Waals surface area contributed by atoms with E-state index in [0.29, 0.717) is 5.92 Å². The first-order chi connectivity index (χ1) is 27.6. The standard InChI is InChI=1S/C56H60N2/c1-33-15-21-41(22-16-33)57(49-27-35(3)13-19-37(49)5)43-29-39(7)51-45-25-26-46-52-40(8)30-44(32-48(52)56(11,12)54(46)53(45)55(9,10)47(51)31-43)58(42-23-17-34(2)18-24-42)50-28-36(4)14-20-38(50)6/h13-19,21-23,25-32,38,42H,20,24H2,1-12H3. The number of aryl methyl sites for hydroxylation is 5. The molecule has 0 saturated carbocycles. The van der Waals surface area contributed by atoms with Gasteiger partial charge < -0.3 is 9.80 Å². The summed E-state index contributed by atoms with van der Waals surface area (Å²) in [6, 6.07) is 31.0. The maximum atomic E-state index is 2.68. The Labute approximate surface area is 348 Å². The summed E-state index contributed by atoms with van der Waals surface area (Å²) in [7, 11) is 0. The third-order valence-electron chi connectivity index (χ3n) is 14.0. The highest BCUT2D eigenvalue weighted by atomic mass is 15.2. The van der Waals surface area contributed by atoms with Gasteiger partial charge in [0.15, 0.2) is 0 Å². The van der Waals surface area contributed by atoms with Gasteiger partial charge in [0, 0.05) is 39.3 Å². The molecule has 4 aliphatic rings. The van der Waals surface area contributed by atoms with Crippen LogP contribution in [0.4, 0.5) is 22.7 Å². The molecule has 5 aromatic carbocycles. The fraction of sp³-hybridized carbons (Fsp3) is 0.321. The van der Waals surface area contributed by atoms with Gasteiger partial charge in [-0.05, 0) is 183 Å². The first-order valence-corrected chi connectivity index (χ1v) is 21.5. The van der Waals surface area contributed by atoms with Crippen LogP contribution in [-0.2, 0) is 10.8 Å². The van der Waals surface area contributed by atoms with E-state index in [1.807, 2.05) is 0 Å². The van der Waals surface area contributed by atoms with Crippen molar-refractivity contribution in [1.29, 1.82) is 0 Å². The predicted octanol–water partition coefficient (Wildman–Crippen LogP) is 15.3. The lowest BCUT2D eigenvalue weighted by atomic mass is 9.72. The van der Waals surface area contributed by atoms with Crippen molar-refractivity contribution in [3.05, 3.63) is 176 Å². The number of nitrogens with zero attached hydrogens (tertiary/aromatic N) is 2. The van der Waals surface area contributed by atoms with Crippen molar-refractivity contribution >= 4 is 22.7 Å². The van der Waals surface area contributed by atoms with E-state index in [0.717, 1.165) is 12.8 Å². The first kappa shape index (κ1) is 38.2. The fourth-order valence-electron chi connectivity index (χ4n) is 10.8. The quantitative estimate of drug-likeness (QED) is 0.170. The van der Waals surface area contributed by atoms with Gasteiger partial charge in [0.25, 0.3) is 0 Å². The zero-order valence-electron chi connectivity index (χ0n) is 36.9. The number of rotatable bonds is 6. The second-order valence-electron chi connectivity index (χ2n) is 19.1. The van der Waals surface area contributed by atoms with Gasteiger partial charge in [-0.25, -0.2) is 0 Å². The van der Waals surface area contributed by atoms with E-state index in [9.17, 15) is 0 Å². The van der Waals surface area contributed by atoms with Gasteiger partial charge in [0.2, 0.25) is 0 Å². The molecule has 58 heavy (non-hydrogen) atoms. The molecule has 2 heteroatoms. The summed E-state index contributed by atoms with van der Waals surface area (Å²) in [5, 5.41) is 0. The predicted molar refractivity (Wildman–Crippen MR) is 249 cm³/mol. The summed E-state index contributed by atoms with van der Waals surface area (Å²) >= 11 is 0. The molecule has 0 spiro atoms. The average Bonchev–Trinajstić information content (AvgIpc) is 3.55. The molecule has 0 aromatic heterocycles. The molecule has 0 radical (unpaired) electrons. The second-order valence-corrected chi connectivity index (χ2v) is 19.1. The zero-order valence-corrected chi connectivity index (χ0v) is 36.9. The lowest BCUT2D eigenvalue weighted by Crippen LogP contribution is -2.37. The fourth-order valence-corrected chi connectivity index (χ4v) is 10.8. The van der Waals surface area contributed by atoms with Gasteiger partial charge in [-0.2, -0.15) is 0 Å². The molecule has 0 aliphatic heterocycles. The maximum absolute atomic E-state index is 2.68. The van der Waals surface area contributed by atoms with Crippen LogP contribution in [0.15, 0.2) is 126 Å². The molecule has 2 unspecified atom stereocenters. The molecule has 2 nitrogen and oxygen atoms in total. The maximum Gasteiger partial charge on any atom is 0.0557 e. The zero-order chi connectivity index (χ0) is 41.0. The Hall–Kier alpha value is -5.34. The molecule has 0 fully saturated rings. The number of benzene rings is 5. The van der Waals surface area contributed by atoms with Gasteiger partial charge in [0.05, 0.1) is 6.04 Å². The van der Waals surface area contributed by atoms with E-state index in [4.69, 9.17) is 0 Å². The number of anilines is 4. The topological polar surface area (TPSA) is 6.48 Å². The Bertz CT molecular complexity index is 2650. The molecule has 0 N–H and O–H groups in total. The van der Waals surface area contributed by atoms with Crippen molar-refractivity contribution in [3.8, 4) is 22.3 Å². The summed E-state index contributed by atoms with van der Waals surface area (Å²) < 4.78 is 0. The van der Waals surface area contributed by atoms with Crippen molar-refractivity contribution in [3.63, 3.8) is 0 Å². The minimum absolute atomic E-state index is 0.188. The molecule has 0 bridgehead atoms. The third kappa shape index (κ3) is 5.89. The smallest absolute Gasteiger partial charge is 0.0557 e. The minimum Gasteiger partial charge on any atom is -0.338 e. The Kier molecular flexibility index (Phi) is 8.97. The van der Waals surface area contributed by atoms with Gasteiger partial charge in [0.1, 0.15) is 0 Å². The SMILES string of the molecule is CC1=CCC(C)C(N(c2cc(C)c3c(c2)C(C)(C)c2c-3ccc3c2C(C)(C)c2cc(N(c4ccc(C)cc4)c4cc(C)ccc4C)cc(C)c2-3)C2C=CC(C)=CC2)=C1. The van der Waals surface area contributed by atoms with Gasteiger partial charge in [-0.15, -0.1) is 0 Å². The molecule has 0 amide bonds. The van der Waals surface area contributed by atoms with Crippen molar-refractivity contribution in [2.45, 2.75) is 113 Å². The van der Waals surface area contributed by atoms with E-state index < -0.39 is 0 Å². The molecular weight excluding hydrogens is 701 g/mol. The Morgan fingerprint density at radius 2 is 1.12 bits per heavy atom. The largest absolute Gasteiger partial charge is 0.338 e. The lowest BCUT2D eigenvalue weighted by Gasteiger charge is -2.39. The van der Waals surface area contributed by atoms with Crippen molar-refractivity contribution in [1.82, 2.24) is 0 Å². The summed E-state index contributed by atoms with van der Waals surface area (Å²) in [6.07, 6.45) is 14.1. The van der Waals surface area contributed by atoms with Crippen LogP contribution in [0.5, 0.6) is 0 Å². The van der Waals surface area contributed by atoms with Crippen LogP contribution in [0, 0.1) is 40.5 Å². The Morgan fingerprint density at radius 1 is 0.552 bits per heavy atom. The number of hydrogen-bond donors (Lipinski definition) is 0. The molecule has 4 aliphatic carbocycles. The summed E-state index contributed by atoms with van der Waals surface area (Å²) in [5.41, 5.74) is 26.7. The van der Waals surface area contributed by atoms with E-state index >= 15 is 0 Å². The van der Waals surface area contributed by atoms with Crippen LogP contribution in [0.3, 0.4) is 0 Å². The number of allylic oxidation sites excluding steroid dienone is 6. The molecule has 2 atom stereocenters. The molecule has 0 heterocycles. The Balaban J connectivity index is 1.19. The highest BCUT2D eigenvalue weighted by molar-refractivity contribution is 5.95. The van der Waals surface area contributed by atoms with E-state index in [1.165, 1.54) is 112 Å². The van der Waals surface area contributed by atoms with Crippen LogP contribution in [0.1, 0.15) is 111 Å². The van der Waals surface area contributed by atoms with Gasteiger partial charge in [-0.3, -0.25) is 0 Å². The molecule has 0 saturated heterocycles. The number of fused-ring (bicyclic) bond motifs is 7. The second kappa shape index (κ2) is 13.6. The van der Waals surface area contributed by atoms with Crippen LogP contribution in [0.25, 0.3) is 22.3 Å². The van der Waals surface area contributed by atoms with Crippen LogP contribution in [-0.4, -0.2) is 6.04 Å². The first-order valence-electron chi connectivity index (χ1n) is 21.5. The van der Waals surface area contributed by atoms with Gasteiger partial charge in [-0.1, -0.05) is 112 Å². The Morgan fingerprint density at radius 3 is 1.72 bits per heavy atom. The average molecular weight is 761 g/mol. The third-order valence-corrected chi connectivity index (χ3v) is 14.0. The van der Waals surface area contributed by atoms with Crippen molar-refractivity contribution in [2.75, 3.05) is 9.80 Å². The molecular formula is C56H60N2. The van der Waals surface area contributed by atoms with Gasteiger partial charge >= 0.3 is 0 Å². The minimum atomic E-state index is -0.206. The highest BCUT2D eigenvalue weighted by Crippen LogP contribution is 2.61. The number of hydrogen-bond acceptors (Lipinski definition) is 2. The summed E-state index contributed by atoms with van der Waals surface area (Å²) in [6.45, 7) is 28.1. The van der Waals surface area contributed by atoms with Crippen LogP contribution in [0.2, 0.25) is 0 Å². The van der Waals surface area contributed by atoms with Crippen LogP contribution >= 0.6 is 0 Å².